The van der Waals surface area contributed by atoms with E-state index in [4.69, 9.17) is 4.74 Å². The summed E-state index contributed by atoms with van der Waals surface area (Å²) < 4.78 is 7.01. The molecule has 1 aliphatic rings. The number of hydrogen-bond donors (Lipinski definition) is 2. The lowest BCUT2D eigenvalue weighted by Crippen LogP contribution is -2.42. The largest absolute Gasteiger partial charge is 0.378 e. The smallest absolute Gasteiger partial charge is 0.272 e. The van der Waals surface area contributed by atoms with Crippen molar-refractivity contribution >= 4 is 28.3 Å². The van der Waals surface area contributed by atoms with Gasteiger partial charge in [-0.2, -0.15) is 5.10 Å². The number of amides is 2. The van der Waals surface area contributed by atoms with Gasteiger partial charge < -0.3 is 9.64 Å². The molecule has 9 nitrogen and oxygen atoms in total. The van der Waals surface area contributed by atoms with E-state index in [0.29, 0.717) is 31.0 Å². The first kappa shape index (κ1) is 20.0. The van der Waals surface area contributed by atoms with Crippen LogP contribution in [0.25, 0.3) is 0 Å². The number of nitrogens with zero attached hydrogens (tertiary/aromatic N) is 4. The number of carbonyl (C=O) groups is 2. The van der Waals surface area contributed by atoms with Crippen molar-refractivity contribution in [3.05, 3.63) is 64.9 Å². The van der Waals surface area contributed by atoms with Crippen molar-refractivity contribution in [2.45, 2.75) is 13.0 Å². The van der Waals surface area contributed by atoms with Crippen LogP contribution in [-0.4, -0.2) is 52.9 Å². The van der Waals surface area contributed by atoms with Crippen molar-refractivity contribution in [2.24, 2.45) is 0 Å². The Morgan fingerprint density at radius 1 is 1.13 bits per heavy atom. The molecule has 0 bridgehead atoms. The van der Waals surface area contributed by atoms with E-state index in [1.165, 1.54) is 17.5 Å². The topological polar surface area (TPSA) is 101 Å². The van der Waals surface area contributed by atoms with Crippen LogP contribution in [0, 0.1) is 0 Å². The third-order valence-electron chi connectivity index (χ3n) is 4.56. The summed E-state index contributed by atoms with van der Waals surface area (Å²) in [4.78, 5) is 31.1. The summed E-state index contributed by atoms with van der Waals surface area (Å²) in [5, 5.41) is 6.94. The molecule has 30 heavy (non-hydrogen) atoms. The molecule has 0 unspecified atom stereocenters. The van der Waals surface area contributed by atoms with Crippen LogP contribution in [0.3, 0.4) is 0 Å². The fourth-order valence-electron chi connectivity index (χ4n) is 3.02. The molecule has 3 heterocycles. The van der Waals surface area contributed by atoms with Crippen molar-refractivity contribution in [1.29, 1.82) is 0 Å². The van der Waals surface area contributed by atoms with Crippen LogP contribution >= 0.6 is 11.3 Å². The zero-order chi connectivity index (χ0) is 20.8. The van der Waals surface area contributed by atoms with Crippen LogP contribution in [0.5, 0.6) is 0 Å². The molecule has 1 saturated heterocycles. The molecule has 2 amide bonds. The minimum absolute atomic E-state index is 0.0917. The van der Waals surface area contributed by atoms with E-state index < -0.39 is 5.91 Å². The van der Waals surface area contributed by atoms with Crippen molar-refractivity contribution in [1.82, 2.24) is 25.6 Å². The summed E-state index contributed by atoms with van der Waals surface area (Å²) in [6, 6.07) is 9.83. The van der Waals surface area contributed by atoms with Gasteiger partial charge in [-0.25, -0.2) is 4.98 Å². The molecule has 2 aromatic heterocycles. The number of nitrogens with one attached hydrogen (secondary N) is 2. The summed E-state index contributed by atoms with van der Waals surface area (Å²) >= 11 is 1.50. The summed E-state index contributed by atoms with van der Waals surface area (Å²) in [6.07, 6.45) is 3.21. The molecular weight excluding hydrogens is 404 g/mol. The minimum Gasteiger partial charge on any atom is -0.378 e. The average Bonchev–Trinajstić information content (AvgIpc) is 3.43. The second-order valence-electron chi connectivity index (χ2n) is 6.81. The number of aromatic nitrogens is 3. The van der Waals surface area contributed by atoms with Gasteiger partial charge in [-0.15, -0.1) is 11.3 Å². The van der Waals surface area contributed by atoms with E-state index in [9.17, 15) is 9.59 Å². The van der Waals surface area contributed by atoms with Crippen molar-refractivity contribution in [2.75, 3.05) is 31.2 Å². The molecule has 4 rings (SSSR count). The SMILES string of the molecule is O=C(Cc1csc(N2CCOCC2)n1)NNC(=O)c1cnn(Cc2ccccc2)c1. The van der Waals surface area contributed by atoms with Crippen molar-refractivity contribution in [3.63, 3.8) is 0 Å². The number of morpholine rings is 1. The van der Waals surface area contributed by atoms with Crippen molar-refractivity contribution < 1.29 is 14.3 Å². The third kappa shape index (κ3) is 5.22. The number of carbonyl (C=O) groups excluding carboxylic acids is 2. The van der Waals surface area contributed by atoms with E-state index in [0.717, 1.165) is 23.8 Å². The van der Waals surface area contributed by atoms with Crippen LogP contribution in [0.15, 0.2) is 48.1 Å². The Morgan fingerprint density at radius 3 is 2.73 bits per heavy atom. The summed E-state index contributed by atoms with van der Waals surface area (Å²) in [6.45, 7) is 3.53. The van der Waals surface area contributed by atoms with Gasteiger partial charge in [0.25, 0.3) is 5.91 Å². The monoisotopic (exact) mass is 426 g/mol. The maximum absolute atomic E-state index is 12.3. The number of rotatable bonds is 6. The molecule has 0 radical (unpaired) electrons. The quantitative estimate of drug-likeness (QED) is 0.575. The van der Waals surface area contributed by atoms with Gasteiger partial charge in [-0.05, 0) is 5.56 Å². The molecule has 1 aromatic carbocycles. The Hall–Kier alpha value is -3.24. The number of hydrazine groups is 1. The van der Waals surface area contributed by atoms with Crippen LogP contribution in [-0.2, 0) is 22.5 Å². The number of thiazole rings is 1. The number of benzene rings is 1. The minimum atomic E-state index is -0.421. The highest BCUT2D eigenvalue weighted by atomic mass is 32.1. The molecular formula is C20H22N6O3S. The van der Waals surface area contributed by atoms with Crippen LogP contribution in [0.2, 0.25) is 0 Å². The second kappa shape index (κ2) is 9.51. The van der Waals surface area contributed by atoms with Crippen LogP contribution in [0.1, 0.15) is 21.6 Å². The molecule has 1 fully saturated rings. The lowest BCUT2D eigenvalue weighted by molar-refractivity contribution is -0.121. The molecule has 10 heteroatoms. The maximum Gasteiger partial charge on any atom is 0.272 e. The van der Waals surface area contributed by atoms with Gasteiger partial charge in [-0.1, -0.05) is 30.3 Å². The van der Waals surface area contributed by atoms with E-state index in [1.54, 1.807) is 10.9 Å². The van der Waals surface area contributed by atoms with Gasteiger partial charge in [0.15, 0.2) is 5.13 Å². The molecule has 156 valence electrons. The number of ether oxygens (including phenoxy) is 1. The molecule has 0 saturated carbocycles. The van der Waals surface area contributed by atoms with Gasteiger partial charge in [0.2, 0.25) is 5.91 Å². The lowest BCUT2D eigenvalue weighted by atomic mass is 10.2. The van der Waals surface area contributed by atoms with E-state index in [-0.39, 0.29) is 12.3 Å². The fourth-order valence-corrected chi connectivity index (χ4v) is 3.90. The predicted molar refractivity (Wildman–Crippen MR) is 112 cm³/mol. The Morgan fingerprint density at radius 2 is 1.93 bits per heavy atom. The molecule has 0 aliphatic carbocycles. The van der Waals surface area contributed by atoms with E-state index in [1.807, 2.05) is 35.7 Å². The Bertz CT molecular complexity index is 997. The van der Waals surface area contributed by atoms with Gasteiger partial charge >= 0.3 is 0 Å². The standard InChI is InChI=1S/C20H22N6O3S/c27-18(10-17-14-30-20(22-17)25-6-8-29-9-7-25)23-24-19(28)16-11-21-26(13-16)12-15-4-2-1-3-5-15/h1-5,11,13-14H,6-10,12H2,(H,23,27)(H,24,28). The second-order valence-corrected chi connectivity index (χ2v) is 7.65. The number of hydrogen-bond acceptors (Lipinski definition) is 7. The Labute approximate surface area is 177 Å². The summed E-state index contributed by atoms with van der Waals surface area (Å²) in [5.41, 5.74) is 6.98. The summed E-state index contributed by atoms with van der Waals surface area (Å²) in [5.74, 6) is -0.756. The highest BCUT2D eigenvalue weighted by molar-refractivity contribution is 7.13. The van der Waals surface area contributed by atoms with Gasteiger partial charge in [0.05, 0.1) is 43.6 Å². The van der Waals surface area contributed by atoms with Crippen LogP contribution < -0.4 is 15.8 Å². The van der Waals surface area contributed by atoms with E-state index >= 15 is 0 Å². The first-order valence-corrected chi connectivity index (χ1v) is 10.5. The summed E-state index contributed by atoms with van der Waals surface area (Å²) in [7, 11) is 0. The molecule has 0 atom stereocenters. The average molecular weight is 427 g/mol. The fraction of sp³-hybridized carbons (Fsp3) is 0.300. The first-order valence-electron chi connectivity index (χ1n) is 9.60. The Kier molecular flexibility index (Phi) is 6.35. The van der Waals surface area contributed by atoms with Crippen molar-refractivity contribution in [3.8, 4) is 0 Å². The Balaban J connectivity index is 1.25. The highest BCUT2D eigenvalue weighted by Gasteiger charge is 2.16. The van der Waals surface area contributed by atoms with Gasteiger partial charge in [0.1, 0.15) is 0 Å². The number of anilines is 1. The molecule has 3 aromatic rings. The molecule has 2 N–H and O–H groups in total. The zero-order valence-electron chi connectivity index (χ0n) is 16.3. The van der Waals surface area contributed by atoms with E-state index in [2.05, 4.69) is 25.8 Å². The zero-order valence-corrected chi connectivity index (χ0v) is 17.1. The lowest BCUT2D eigenvalue weighted by Gasteiger charge is -2.26. The third-order valence-corrected chi connectivity index (χ3v) is 5.51. The highest BCUT2D eigenvalue weighted by Crippen LogP contribution is 2.21. The van der Waals surface area contributed by atoms with Crippen LogP contribution in [0.4, 0.5) is 5.13 Å². The predicted octanol–water partition coefficient (Wildman–Crippen LogP) is 1.23. The maximum atomic E-state index is 12.3. The van der Waals surface area contributed by atoms with Gasteiger partial charge in [0, 0.05) is 24.7 Å². The molecule has 1 aliphatic heterocycles. The normalized spacial score (nSPS) is 13.8. The van der Waals surface area contributed by atoms with Gasteiger partial charge in [-0.3, -0.25) is 25.1 Å². The molecule has 0 spiro atoms. The first-order chi connectivity index (χ1) is 14.7.